The molecule has 2 aromatic rings. The van der Waals surface area contributed by atoms with Crippen LogP contribution in [0, 0.1) is 5.92 Å². The standard InChI is InChI=1S/C15H18ClN3OS2.2ClH/c16-13-4-3-12(22-13)15-19-11(9-21-15)14(20)18-7-5-10-2-1-6-17-8-10;;/h3-4,9-10,17H,1-2,5-8H2,(H,18,20);2*1H. The van der Waals surface area contributed by atoms with Crippen LogP contribution in [0.2, 0.25) is 4.34 Å². The Kier molecular flexibility index (Phi) is 9.56. The van der Waals surface area contributed by atoms with Crippen LogP contribution in [0.15, 0.2) is 17.5 Å². The molecule has 1 aliphatic heterocycles. The molecule has 24 heavy (non-hydrogen) atoms. The van der Waals surface area contributed by atoms with Crippen molar-refractivity contribution < 1.29 is 4.79 Å². The number of carbonyl (C=O) groups excluding carboxylic acids is 1. The van der Waals surface area contributed by atoms with E-state index in [1.54, 1.807) is 5.38 Å². The second kappa shape index (κ2) is 10.6. The van der Waals surface area contributed by atoms with Crippen molar-refractivity contribution in [3.63, 3.8) is 0 Å². The molecule has 2 N–H and O–H groups in total. The molecule has 0 saturated carbocycles. The number of amides is 1. The van der Waals surface area contributed by atoms with Gasteiger partial charge in [0.2, 0.25) is 0 Å². The molecule has 3 rings (SSSR count). The van der Waals surface area contributed by atoms with Crippen LogP contribution in [0.5, 0.6) is 0 Å². The maximum absolute atomic E-state index is 12.1. The van der Waals surface area contributed by atoms with E-state index in [0.29, 0.717) is 18.2 Å². The van der Waals surface area contributed by atoms with Crippen LogP contribution < -0.4 is 10.6 Å². The van der Waals surface area contributed by atoms with Gasteiger partial charge < -0.3 is 10.6 Å². The molecule has 2 aromatic heterocycles. The van der Waals surface area contributed by atoms with Gasteiger partial charge in [-0.3, -0.25) is 4.79 Å². The first-order valence-corrected chi connectivity index (χ1v) is 9.50. The molecule has 1 unspecified atom stereocenters. The summed E-state index contributed by atoms with van der Waals surface area (Å²) in [4.78, 5) is 17.5. The van der Waals surface area contributed by atoms with Gasteiger partial charge in [0.15, 0.2) is 0 Å². The van der Waals surface area contributed by atoms with Crippen LogP contribution in [-0.2, 0) is 0 Å². The number of carbonyl (C=O) groups is 1. The molecule has 1 atom stereocenters. The van der Waals surface area contributed by atoms with E-state index in [9.17, 15) is 4.79 Å². The summed E-state index contributed by atoms with van der Waals surface area (Å²) in [6, 6.07) is 3.78. The summed E-state index contributed by atoms with van der Waals surface area (Å²) in [5, 5.41) is 9.02. The Labute approximate surface area is 167 Å². The van der Waals surface area contributed by atoms with Crippen LogP contribution in [0.25, 0.3) is 9.88 Å². The number of hydrogen-bond donors (Lipinski definition) is 2. The second-order valence-corrected chi connectivity index (χ2v) is 7.97. The zero-order valence-corrected chi connectivity index (χ0v) is 16.9. The molecule has 1 aliphatic rings. The molecule has 134 valence electrons. The lowest BCUT2D eigenvalue weighted by atomic mass is 9.96. The molecular weight excluding hydrogens is 409 g/mol. The first kappa shape index (κ1) is 21.7. The first-order valence-electron chi connectivity index (χ1n) is 7.42. The number of nitrogens with zero attached hydrogens (tertiary/aromatic N) is 1. The summed E-state index contributed by atoms with van der Waals surface area (Å²) in [6.45, 7) is 2.90. The van der Waals surface area contributed by atoms with Gasteiger partial charge in [-0.25, -0.2) is 4.98 Å². The molecule has 0 spiro atoms. The van der Waals surface area contributed by atoms with E-state index in [1.807, 2.05) is 12.1 Å². The van der Waals surface area contributed by atoms with Crippen LogP contribution in [0.3, 0.4) is 0 Å². The number of aromatic nitrogens is 1. The zero-order valence-electron chi connectivity index (χ0n) is 12.9. The highest BCUT2D eigenvalue weighted by Gasteiger charge is 2.15. The molecule has 0 bridgehead atoms. The summed E-state index contributed by atoms with van der Waals surface area (Å²) < 4.78 is 0.734. The van der Waals surface area contributed by atoms with E-state index in [1.165, 1.54) is 35.5 Å². The summed E-state index contributed by atoms with van der Waals surface area (Å²) >= 11 is 8.89. The fourth-order valence-corrected chi connectivity index (χ4v) is 4.49. The van der Waals surface area contributed by atoms with Crippen molar-refractivity contribution in [1.29, 1.82) is 0 Å². The van der Waals surface area contributed by atoms with Crippen molar-refractivity contribution in [1.82, 2.24) is 15.6 Å². The predicted molar refractivity (Wildman–Crippen MR) is 107 cm³/mol. The molecule has 0 aliphatic carbocycles. The zero-order chi connectivity index (χ0) is 15.4. The second-order valence-electron chi connectivity index (χ2n) is 5.40. The van der Waals surface area contributed by atoms with Crippen LogP contribution in [0.1, 0.15) is 29.8 Å². The Morgan fingerprint density at radius 2 is 2.25 bits per heavy atom. The lowest BCUT2D eigenvalue weighted by Crippen LogP contribution is -2.33. The lowest BCUT2D eigenvalue weighted by molar-refractivity contribution is 0.0946. The van der Waals surface area contributed by atoms with Crippen LogP contribution >= 0.6 is 59.1 Å². The number of thiazole rings is 1. The third-order valence-corrected chi connectivity index (χ3v) is 6.00. The minimum Gasteiger partial charge on any atom is -0.351 e. The molecule has 9 heteroatoms. The van der Waals surface area contributed by atoms with E-state index in [2.05, 4.69) is 15.6 Å². The summed E-state index contributed by atoms with van der Waals surface area (Å²) in [6.07, 6.45) is 3.51. The third-order valence-electron chi connectivity index (χ3n) is 3.76. The highest BCUT2D eigenvalue weighted by atomic mass is 35.5. The maximum Gasteiger partial charge on any atom is 0.270 e. The average Bonchev–Trinajstić information content (AvgIpc) is 3.17. The fourth-order valence-electron chi connectivity index (χ4n) is 2.57. The van der Waals surface area contributed by atoms with Gasteiger partial charge in [0.25, 0.3) is 5.91 Å². The Morgan fingerprint density at radius 1 is 1.42 bits per heavy atom. The van der Waals surface area contributed by atoms with Gasteiger partial charge in [0.1, 0.15) is 10.7 Å². The van der Waals surface area contributed by atoms with Crippen LogP contribution in [0.4, 0.5) is 0 Å². The van der Waals surface area contributed by atoms with E-state index >= 15 is 0 Å². The van der Waals surface area contributed by atoms with Gasteiger partial charge in [-0.1, -0.05) is 11.6 Å². The molecule has 4 nitrogen and oxygen atoms in total. The molecule has 1 fully saturated rings. The third kappa shape index (κ3) is 5.86. The Hall–Kier alpha value is -0.370. The summed E-state index contributed by atoms with van der Waals surface area (Å²) in [5.74, 6) is 0.585. The lowest BCUT2D eigenvalue weighted by Gasteiger charge is -2.22. The fraction of sp³-hybridized carbons (Fsp3) is 0.467. The topological polar surface area (TPSA) is 54.0 Å². The molecule has 1 saturated heterocycles. The number of hydrogen-bond acceptors (Lipinski definition) is 5. The van der Waals surface area contributed by atoms with Crippen molar-refractivity contribution in [2.24, 2.45) is 5.92 Å². The van der Waals surface area contributed by atoms with Crippen molar-refractivity contribution >= 4 is 65.0 Å². The first-order chi connectivity index (χ1) is 10.7. The number of nitrogens with one attached hydrogen (secondary N) is 2. The average molecular weight is 429 g/mol. The SMILES string of the molecule is Cl.Cl.O=C(NCCC1CCCNC1)c1csc(-c2ccc(Cl)s2)n1. The van der Waals surface area contributed by atoms with Gasteiger partial charge in [-0.2, -0.15) is 0 Å². The minimum atomic E-state index is -0.0890. The minimum absolute atomic E-state index is 0. The normalized spacial score (nSPS) is 16.8. The molecule has 3 heterocycles. The van der Waals surface area contributed by atoms with Crippen LogP contribution in [-0.4, -0.2) is 30.5 Å². The number of thiophene rings is 1. The van der Waals surface area contributed by atoms with Crippen molar-refractivity contribution in [3.05, 3.63) is 27.5 Å². The van der Waals surface area contributed by atoms with E-state index in [0.717, 1.165) is 33.7 Å². The largest absolute Gasteiger partial charge is 0.351 e. The maximum atomic E-state index is 12.1. The van der Waals surface area contributed by atoms with E-state index in [4.69, 9.17) is 11.6 Å². The van der Waals surface area contributed by atoms with E-state index < -0.39 is 0 Å². The van der Waals surface area contributed by atoms with Gasteiger partial charge in [0.05, 0.1) is 9.21 Å². The predicted octanol–water partition coefficient (Wildman–Crippen LogP) is 4.49. The van der Waals surface area contributed by atoms with E-state index in [-0.39, 0.29) is 30.7 Å². The smallest absolute Gasteiger partial charge is 0.270 e. The number of piperidine rings is 1. The highest BCUT2D eigenvalue weighted by molar-refractivity contribution is 7.23. The van der Waals surface area contributed by atoms with Crippen molar-refractivity contribution in [2.75, 3.05) is 19.6 Å². The molecular formula is C15H20Cl3N3OS2. The Balaban J connectivity index is 0.00000144. The molecule has 0 radical (unpaired) electrons. The monoisotopic (exact) mass is 427 g/mol. The quantitative estimate of drug-likeness (QED) is 0.738. The van der Waals surface area contributed by atoms with Gasteiger partial charge in [-0.15, -0.1) is 47.5 Å². The van der Waals surface area contributed by atoms with Gasteiger partial charge >= 0.3 is 0 Å². The molecule has 0 aromatic carbocycles. The Bertz CT molecular complexity index is 641. The number of halogens is 3. The summed E-state index contributed by atoms with van der Waals surface area (Å²) in [7, 11) is 0. The van der Waals surface area contributed by atoms with Gasteiger partial charge in [0, 0.05) is 11.9 Å². The van der Waals surface area contributed by atoms with Crippen molar-refractivity contribution in [3.8, 4) is 9.88 Å². The number of rotatable bonds is 5. The Morgan fingerprint density at radius 3 is 2.92 bits per heavy atom. The molecule has 1 amide bonds. The van der Waals surface area contributed by atoms with Crippen molar-refractivity contribution in [2.45, 2.75) is 19.3 Å². The summed E-state index contributed by atoms with van der Waals surface area (Å²) in [5.41, 5.74) is 0.492. The van der Waals surface area contributed by atoms with Gasteiger partial charge in [-0.05, 0) is 50.4 Å². The highest BCUT2D eigenvalue weighted by Crippen LogP contribution is 2.32.